The molecule has 16 heavy (non-hydrogen) atoms. The summed E-state index contributed by atoms with van der Waals surface area (Å²) in [5, 5.41) is 9.06. The van der Waals surface area contributed by atoms with E-state index in [0.29, 0.717) is 19.4 Å². The van der Waals surface area contributed by atoms with Gasteiger partial charge in [-0.05, 0) is 19.3 Å². The minimum atomic E-state index is -0.868. The molecule has 0 aromatic heterocycles. The SMILES string of the molecule is CCCN(C)C(=O)[C@@H]1CC=CC[C@@H]1C(=O)O. The van der Waals surface area contributed by atoms with Crippen molar-refractivity contribution in [2.75, 3.05) is 13.6 Å². The first-order valence-corrected chi connectivity index (χ1v) is 5.70. The number of rotatable bonds is 4. The predicted molar refractivity (Wildman–Crippen MR) is 60.9 cm³/mol. The molecule has 4 heteroatoms. The summed E-state index contributed by atoms with van der Waals surface area (Å²) in [6.07, 6.45) is 5.66. The number of nitrogens with zero attached hydrogens (tertiary/aromatic N) is 1. The van der Waals surface area contributed by atoms with Crippen LogP contribution in [0.25, 0.3) is 0 Å². The Labute approximate surface area is 95.9 Å². The molecule has 0 spiro atoms. The number of amides is 1. The van der Waals surface area contributed by atoms with Gasteiger partial charge < -0.3 is 10.0 Å². The highest BCUT2D eigenvalue weighted by Crippen LogP contribution is 2.27. The first kappa shape index (κ1) is 12.7. The molecule has 0 heterocycles. The molecule has 0 saturated carbocycles. The Morgan fingerprint density at radius 3 is 2.38 bits per heavy atom. The largest absolute Gasteiger partial charge is 0.481 e. The van der Waals surface area contributed by atoms with Crippen molar-refractivity contribution >= 4 is 11.9 Å². The molecular formula is C12H19NO3. The highest BCUT2D eigenvalue weighted by atomic mass is 16.4. The van der Waals surface area contributed by atoms with Gasteiger partial charge >= 0.3 is 5.97 Å². The molecule has 2 atom stereocenters. The Hall–Kier alpha value is -1.32. The smallest absolute Gasteiger partial charge is 0.307 e. The van der Waals surface area contributed by atoms with Crippen molar-refractivity contribution in [3.05, 3.63) is 12.2 Å². The molecule has 1 N–H and O–H groups in total. The molecule has 0 unspecified atom stereocenters. The van der Waals surface area contributed by atoms with E-state index < -0.39 is 11.9 Å². The summed E-state index contributed by atoms with van der Waals surface area (Å²) in [6, 6.07) is 0. The van der Waals surface area contributed by atoms with E-state index in [0.717, 1.165) is 6.42 Å². The van der Waals surface area contributed by atoms with Crippen molar-refractivity contribution in [3.8, 4) is 0 Å². The van der Waals surface area contributed by atoms with Crippen molar-refractivity contribution in [1.29, 1.82) is 0 Å². The first-order valence-electron chi connectivity index (χ1n) is 5.70. The summed E-state index contributed by atoms with van der Waals surface area (Å²) in [4.78, 5) is 24.7. The first-order chi connectivity index (χ1) is 7.57. The third-order valence-electron chi connectivity index (χ3n) is 3.00. The number of aliphatic carboxylic acids is 1. The van der Waals surface area contributed by atoms with Crippen molar-refractivity contribution in [2.45, 2.75) is 26.2 Å². The molecular weight excluding hydrogens is 206 g/mol. The second kappa shape index (κ2) is 5.68. The van der Waals surface area contributed by atoms with Gasteiger partial charge in [0.2, 0.25) is 5.91 Å². The summed E-state index contributed by atoms with van der Waals surface area (Å²) >= 11 is 0. The second-order valence-electron chi connectivity index (χ2n) is 4.25. The van der Waals surface area contributed by atoms with Crippen LogP contribution in [0.3, 0.4) is 0 Å². The monoisotopic (exact) mass is 225 g/mol. The zero-order chi connectivity index (χ0) is 12.1. The zero-order valence-electron chi connectivity index (χ0n) is 9.85. The van der Waals surface area contributed by atoms with Crippen LogP contribution in [-0.4, -0.2) is 35.5 Å². The van der Waals surface area contributed by atoms with Crippen LogP contribution in [0.2, 0.25) is 0 Å². The van der Waals surface area contributed by atoms with Gasteiger partial charge in [0.25, 0.3) is 0 Å². The minimum Gasteiger partial charge on any atom is -0.481 e. The maximum Gasteiger partial charge on any atom is 0.307 e. The van der Waals surface area contributed by atoms with E-state index in [-0.39, 0.29) is 11.8 Å². The van der Waals surface area contributed by atoms with Crippen LogP contribution in [0.4, 0.5) is 0 Å². The maximum absolute atomic E-state index is 12.0. The van der Waals surface area contributed by atoms with E-state index in [9.17, 15) is 9.59 Å². The molecule has 0 fully saturated rings. The van der Waals surface area contributed by atoms with E-state index in [1.165, 1.54) is 0 Å². The molecule has 1 rings (SSSR count). The molecule has 0 bridgehead atoms. The van der Waals surface area contributed by atoms with Crippen LogP contribution in [0.5, 0.6) is 0 Å². The molecule has 1 aliphatic carbocycles. The Bertz CT molecular complexity index is 299. The fraction of sp³-hybridized carbons (Fsp3) is 0.667. The Morgan fingerprint density at radius 1 is 1.31 bits per heavy atom. The van der Waals surface area contributed by atoms with Crippen LogP contribution < -0.4 is 0 Å². The summed E-state index contributed by atoms with van der Waals surface area (Å²) in [5.41, 5.74) is 0. The summed E-state index contributed by atoms with van der Waals surface area (Å²) < 4.78 is 0. The molecule has 0 saturated heterocycles. The number of carboxylic acids is 1. The average Bonchev–Trinajstić information content (AvgIpc) is 2.28. The molecule has 1 amide bonds. The van der Waals surface area contributed by atoms with Crippen LogP contribution in [0.1, 0.15) is 26.2 Å². The number of carboxylic acid groups (broad SMARTS) is 1. The Morgan fingerprint density at radius 2 is 1.88 bits per heavy atom. The van der Waals surface area contributed by atoms with Gasteiger partial charge in [0.15, 0.2) is 0 Å². The maximum atomic E-state index is 12.0. The van der Waals surface area contributed by atoms with Gasteiger partial charge in [0.1, 0.15) is 0 Å². The lowest BCUT2D eigenvalue weighted by atomic mass is 9.82. The van der Waals surface area contributed by atoms with Gasteiger partial charge in [-0.1, -0.05) is 19.1 Å². The van der Waals surface area contributed by atoms with Crippen molar-refractivity contribution in [2.24, 2.45) is 11.8 Å². The second-order valence-corrected chi connectivity index (χ2v) is 4.25. The van der Waals surface area contributed by atoms with Crippen molar-refractivity contribution in [3.63, 3.8) is 0 Å². The highest BCUT2D eigenvalue weighted by Gasteiger charge is 2.35. The Balaban J connectivity index is 2.72. The minimum absolute atomic E-state index is 0.0430. The van der Waals surface area contributed by atoms with Crippen LogP contribution in [0, 0.1) is 11.8 Å². The van der Waals surface area contributed by atoms with E-state index in [1.807, 2.05) is 19.1 Å². The zero-order valence-corrected chi connectivity index (χ0v) is 9.85. The van der Waals surface area contributed by atoms with Gasteiger partial charge in [-0.2, -0.15) is 0 Å². The lowest BCUT2D eigenvalue weighted by molar-refractivity contribution is -0.150. The Kier molecular flexibility index (Phi) is 4.52. The summed E-state index contributed by atoms with van der Waals surface area (Å²) in [7, 11) is 1.74. The molecule has 90 valence electrons. The number of carbonyl (C=O) groups is 2. The quantitative estimate of drug-likeness (QED) is 0.738. The van der Waals surface area contributed by atoms with Gasteiger partial charge in [0.05, 0.1) is 11.8 Å². The average molecular weight is 225 g/mol. The number of allylic oxidation sites excluding steroid dienone is 2. The summed E-state index contributed by atoms with van der Waals surface area (Å²) in [6.45, 7) is 2.69. The molecule has 0 aromatic rings. The van der Waals surface area contributed by atoms with E-state index in [1.54, 1.807) is 11.9 Å². The van der Waals surface area contributed by atoms with E-state index >= 15 is 0 Å². The van der Waals surface area contributed by atoms with E-state index in [2.05, 4.69) is 0 Å². The van der Waals surface area contributed by atoms with Gasteiger partial charge in [-0.25, -0.2) is 0 Å². The molecule has 0 aliphatic heterocycles. The molecule has 1 aliphatic rings. The van der Waals surface area contributed by atoms with Crippen molar-refractivity contribution < 1.29 is 14.7 Å². The summed E-state index contributed by atoms with van der Waals surface area (Å²) in [5.74, 6) is -1.86. The molecule has 4 nitrogen and oxygen atoms in total. The van der Waals surface area contributed by atoms with Gasteiger partial charge in [-0.15, -0.1) is 0 Å². The third kappa shape index (κ3) is 2.84. The lowest BCUT2D eigenvalue weighted by Gasteiger charge is -2.28. The van der Waals surface area contributed by atoms with Crippen LogP contribution >= 0.6 is 0 Å². The van der Waals surface area contributed by atoms with Crippen LogP contribution in [0.15, 0.2) is 12.2 Å². The number of hydrogen-bond acceptors (Lipinski definition) is 2. The third-order valence-corrected chi connectivity index (χ3v) is 3.00. The topological polar surface area (TPSA) is 57.6 Å². The van der Waals surface area contributed by atoms with Gasteiger partial charge in [-0.3, -0.25) is 9.59 Å². The standard InChI is InChI=1S/C12H19NO3/c1-3-8-13(2)11(14)9-6-4-5-7-10(9)12(15)16/h4-5,9-10H,3,6-8H2,1-2H3,(H,15,16)/t9-,10+/m1/s1. The van der Waals surface area contributed by atoms with Crippen LogP contribution in [-0.2, 0) is 9.59 Å². The molecule has 0 aromatic carbocycles. The lowest BCUT2D eigenvalue weighted by Crippen LogP contribution is -2.40. The van der Waals surface area contributed by atoms with Gasteiger partial charge in [0, 0.05) is 13.6 Å². The highest BCUT2D eigenvalue weighted by molar-refractivity contribution is 5.85. The normalized spacial score (nSPS) is 24.1. The number of hydrogen-bond donors (Lipinski definition) is 1. The fourth-order valence-electron chi connectivity index (χ4n) is 2.09. The molecule has 0 radical (unpaired) electrons. The number of carbonyl (C=O) groups excluding carboxylic acids is 1. The fourth-order valence-corrected chi connectivity index (χ4v) is 2.09. The van der Waals surface area contributed by atoms with Crippen molar-refractivity contribution in [1.82, 2.24) is 4.90 Å². The van der Waals surface area contributed by atoms with E-state index in [4.69, 9.17) is 5.11 Å². The predicted octanol–water partition coefficient (Wildman–Crippen LogP) is 1.52.